The third-order valence-electron chi connectivity index (χ3n) is 4.96. The summed E-state index contributed by atoms with van der Waals surface area (Å²) in [5, 5.41) is 0. The number of fused-ring (bicyclic) bond motifs is 1. The second-order valence-electron chi connectivity index (χ2n) is 5.26. The van der Waals surface area contributed by atoms with Crippen molar-refractivity contribution in [3.8, 4) is 0 Å². The SMILES string of the molecule is CC12C(=O)OC(=O)C1(C)C1C=CC2CC1. The van der Waals surface area contributed by atoms with Gasteiger partial charge >= 0.3 is 11.9 Å². The van der Waals surface area contributed by atoms with Crippen LogP contribution in [0, 0.1) is 22.7 Å². The zero-order valence-electron chi connectivity index (χ0n) is 8.95. The van der Waals surface area contributed by atoms with Crippen LogP contribution in [-0.4, -0.2) is 11.9 Å². The highest BCUT2D eigenvalue weighted by atomic mass is 16.6. The average molecular weight is 206 g/mol. The number of carbonyl (C=O) groups is 2. The molecule has 15 heavy (non-hydrogen) atoms. The molecule has 4 atom stereocenters. The highest BCUT2D eigenvalue weighted by Crippen LogP contribution is 2.64. The molecule has 0 aromatic rings. The van der Waals surface area contributed by atoms with Crippen molar-refractivity contribution in [1.29, 1.82) is 0 Å². The first-order valence-corrected chi connectivity index (χ1v) is 5.46. The van der Waals surface area contributed by atoms with Crippen LogP contribution in [0.15, 0.2) is 12.2 Å². The predicted molar refractivity (Wildman–Crippen MR) is 52.7 cm³/mol. The summed E-state index contributed by atoms with van der Waals surface area (Å²) < 4.78 is 4.88. The standard InChI is InChI=1S/C12H14O3/c1-11-7-3-5-8(6-4-7)12(11,2)10(14)15-9(11)13/h3,5,7-8H,4,6H2,1-2H3. The Morgan fingerprint density at radius 1 is 1.07 bits per heavy atom. The maximum absolute atomic E-state index is 11.9. The van der Waals surface area contributed by atoms with Crippen molar-refractivity contribution in [2.24, 2.45) is 22.7 Å². The fourth-order valence-corrected chi connectivity index (χ4v) is 3.58. The predicted octanol–water partition coefficient (Wildman–Crippen LogP) is 1.68. The Labute approximate surface area is 88.5 Å². The molecule has 1 heterocycles. The van der Waals surface area contributed by atoms with Crippen LogP contribution in [0.5, 0.6) is 0 Å². The smallest absolute Gasteiger partial charge is 0.321 e. The molecule has 1 saturated heterocycles. The lowest BCUT2D eigenvalue weighted by Crippen LogP contribution is -2.54. The van der Waals surface area contributed by atoms with Crippen LogP contribution in [-0.2, 0) is 14.3 Å². The molecule has 4 rings (SSSR count). The van der Waals surface area contributed by atoms with Gasteiger partial charge in [-0.25, -0.2) is 0 Å². The van der Waals surface area contributed by atoms with E-state index in [0.29, 0.717) is 0 Å². The molecule has 4 aliphatic rings. The van der Waals surface area contributed by atoms with E-state index in [1.807, 2.05) is 13.8 Å². The molecule has 4 unspecified atom stereocenters. The summed E-state index contributed by atoms with van der Waals surface area (Å²) in [6.07, 6.45) is 6.18. The van der Waals surface area contributed by atoms with Crippen LogP contribution < -0.4 is 0 Å². The van der Waals surface area contributed by atoms with Gasteiger partial charge in [-0.15, -0.1) is 0 Å². The Morgan fingerprint density at radius 3 is 1.80 bits per heavy atom. The van der Waals surface area contributed by atoms with Crippen LogP contribution >= 0.6 is 0 Å². The Morgan fingerprint density at radius 2 is 1.47 bits per heavy atom. The lowest BCUT2D eigenvalue weighted by Gasteiger charge is -2.51. The Kier molecular flexibility index (Phi) is 1.42. The van der Waals surface area contributed by atoms with Crippen molar-refractivity contribution in [3.05, 3.63) is 12.2 Å². The lowest BCUT2D eigenvalue weighted by atomic mass is 9.47. The number of carbonyl (C=O) groups excluding carboxylic acids is 2. The van der Waals surface area contributed by atoms with E-state index in [1.54, 1.807) is 0 Å². The monoisotopic (exact) mass is 206 g/mol. The molecule has 80 valence electrons. The van der Waals surface area contributed by atoms with E-state index in [1.165, 1.54) is 0 Å². The summed E-state index contributed by atoms with van der Waals surface area (Å²) in [5.41, 5.74) is -1.25. The molecule has 0 spiro atoms. The molecule has 2 bridgehead atoms. The zero-order valence-corrected chi connectivity index (χ0v) is 8.95. The van der Waals surface area contributed by atoms with Crippen molar-refractivity contribution in [2.75, 3.05) is 0 Å². The van der Waals surface area contributed by atoms with Gasteiger partial charge in [0, 0.05) is 0 Å². The highest BCUT2D eigenvalue weighted by Gasteiger charge is 2.71. The van der Waals surface area contributed by atoms with Gasteiger partial charge in [-0.2, -0.15) is 0 Å². The number of cyclic esters (lactones) is 2. The number of hydrogen-bond acceptors (Lipinski definition) is 3. The fourth-order valence-electron chi connectivity index (χ4n) is 3.58. The maximum atomic E-state index is 11.9. The number of rotatable bonds is 0. The molecule has 0 aromatic carbocycles. The molecular weight excluding hydrogens is 192 g/mol. The second kappa shape index (κ2) is 2.34. The van der Waals surface area contributed by atoms with Crippen LogP contribution in [0.25, 0.3) is 0 Å². The first-order chi connectivity index (χ1) is 7.01. The van der Waals surface area contributed by atoms with Crippen LogP contribution in [0.4, 0.5) is 0 Å². The van der Waals surface area contributed by atoms with Crippen LogP contribution in [0.1, 0.15) is 26.7 Å². The quantitative estimate of drug-likeness (QED) is 0.344. The first kappa shape index (κ1) is 9.13. The normalized spacial score (nSPS) is 51.9. The van der Waals surface area contributed by atoms with E-state index < -0.39 is 10.8 Å². The molecule has 0 amide bonds. The van der Waals surface area contributed by atoms with E-state index in [4.69, 9.17) is 4.74 Å². The Balaban J connectivity index is 2.25. The second-order valence-corrected chi connectivity index (χ2v) is 5.26. The summed E-state index contributed by atoms with van der Waals surface area (Å²) >= 11 is 0. The third kappa shape index (κ3) is 0.724. The van der Waals surface area contributed by atoms with Gasteiger partial charge in [-0.3, -0.25) is 9.59 Å². The zero-order chi connectivity index (χ0) is 10.8. The topological polar surface area (TPSA) is 43.4 Å². The molecule has 0 aromatic heterocycles. The van der Waals surface area contributed by atoms with Crippen LogP contribution in [0.2, 0.25) is 0 Å². The Bertz CT molecular complexity index is 362. The summed E-state index contributed by atoms with van der Waals surface area (Å²) in [5.74, 6) is -0.305. The lowest BCUT2D eigenvalue weighted by molar-refractivity contribution is -0.156. The minimum Gasteiger partial charge on any atom is -0.392 e. The number of hydrogen-bond donors (Lipinski definition) is 0. The van der Waals surface area contributed by atoms with Crippen molar-refractivity contribution in [3.63, 3.8) is 0 Å². The van der Waals surface area contributed by atoms with E-state index in [9.17, 15) is 9.59 Å². The van der Waals surface area contributed by atoms with Crippen molar-refractivity contribution in [2.45, 2.75) is 26.7 Å². The minimum absolute atomic E-state index is 0.173. The molecule has 3 heteroatoms. The van der Waals surface area contributed by atoms with Crippen molar-refractivity contribution < 1.29 is 14.3 Å². The van der Waals surface area contributed by atoms with Gasteiger partial charge in [0.2, 0.25) is 0 Å². The van der Waals surface area contributed by atoms with Gasteiger partial charge < -0.3 is 4.74 Å². The molecule has 2 fully saturated rings. The van der Waals surface area contributed by atoms with Crippen molar-refractivity contribution in [1.82, 2.24) is 0 Å². The Hall–Kier alpha value is -1.12. The first-order valence-electron chi connectivity index (χ1n) is 5.46. The molecular formula is C12H14O3. The minimum atomic E-state index is -0.623. The van der Waals surface area contributed by atoms with Gasteiger partial charge in [-0.1, -0.05) is 12.2 Å². The summed E-state index contributed by atoms with van der Waals surface area (Å²) in [4.78, 5) is 23.7. The maximum Gasteiger partial charge on any atom is 0.321 e. The van der Waals surface area contributed by atoms with Crippen LogP contribution in [0.3, 0.4) is 0 Å². The van der Waals surface area contributed by atoms with E-state index >= 15 is 0 Å². The van der Waals surface area contributed by atoms with E-state index in [0.717, 1.165) is 12.8 Å². The molecule has 3 aliphatic carbocycles. The molecule has 0 N–H and O–H groups in total. The van der Waals surface area contributed by atoms with Gasteiger partial charge in [0.05, 0.1) is 10.8 Å². The third-order valence-corrected chi connectivity index (χ3v) is 4.96. The summed E-state index contributed by atoms with van der Waals surface area (Å²) in [6, 6.07) is 0. The number of esters is 2. The summed E-state index contributed by atoms with van der Waals surface area (Å²) in [7, 11) is 0. The largest absolute Gasteiger partial charge is 0.392 e. The highest BCUT2D eigenvalue weighted by molar-refractivity contribution is 6.02. The fraction of sp³-hybridized carbons (Fsp3) is 0.667. The number of ether oxygens (including phenoxy) is 1. The van der Waals surface area contributed by atoms with Gasteiger partial charge in [0.15, 0.2) is 0 Å². The average Bonchev–Trinajstić information content (AvgIpc) is 2.42. The molecule has 1 saturated carbocycles. The molecule has 3 nitrogen and oxygen atoms in total. The van der Waals surface area contributed by atoms with E-state index in [2.05, 4.69) is 12.2 Å². The summed E-state index contributed by atoms with van der Waals surface area (Å²) in [6.45, 7) is 3.78. The van der Waals surface area contributed by atoms with Gasteiger partial charge in [-0.05, 0) is 38.5 Å². The number of allylic oxidation sites excluding steroid dienone is 2. The molecule has 1 aliphatic heterocycles. The van der Waals surface area contributed by atoms with Gasteiger partial charge in [0.25, 0.3) is 0 Å². The van der Waals surface area contributed by atoms with E-state index in [-0.39, 0.29) is 23.8 Å². The van der Waals surface area contributed by atoms with Crippen molar-refractivity contribution >= 4 is 11.9 Å². The molecule has 0 radical (unpaired) electrons. The van der Waals surface area contributed by atoms with Gasteiger partial charge in [0.1, 0.15) is 0 Å².